The molecule has 1 amide bonds. The van der Waals surface area contributed by atoms with Gasteiger partial charge in [-0.25, -0.2) is 4.98 Å². The molecule has 0 aliphatic carbocycles. The van der Waals surface area contributed by atoms with Crippen LogP contribution in [-0.2, 0) is 4.79 Å². The summed E-state index contributed by atoms with van der Waals surface area (Å²) in [5.41, 5.74) is 0.350. The van der Waals surface area contributed by atoms with E-state index in [0.29, 0.717) is 11.5 Å². The number of anilines is 1. The maximum atomic E-state index is 12.2. The summed E-state index contributed by atoms with van der Waals surface area (Å²) in [5, 5.41) is 11.9. The molecule has 2 heterocycles. The molecule has 1 atom stereocenters. The number of hydrogen-bond donors (Lipinski definition) is 1. The van der Waals surface area contributed by atoms with Gasteiger partial charge in [0.05, 0.1) is 0 Å². The van der Waals surface area contributed by atoms with E-state index >= 15 is 0 Å². The van der Waals surface area contributed by atoms with Crippen molar-refractivity contribution in [3.05, 3.63) is 23.9 Å². The third-order valence-electron chi connectivity index (χ3n) is 3.27. The Morgan fingerprint density at radius 3 is 2.84 bits per heavy atom. The fraction of sp³-hybridized carbons (Fsp3) is 0.500. The van der Waals surface area contributed by atoms with Gasteiger partial charge in [0.2, 0.25) is 5.91 Å². The maximum Gasteiger partial charge on any atom is 0.244 e. The zero-order chi connectivity index (χ0) is 13.7. The number of pyridine rings is 1. The highest BCUT2D eigenvalue weighted by atomic mass is 16.2. The van der Waals surface area contributed by atoms with Crippen LogP contribution in [0.15, 0.2) is 18.2 Å². The lowest BCUT2D eigenvalue weighted by Crippen LogP contribution is -2.44. The van der Waals surface area contributed by atoms with E-state index in [1.165, 1.54) is 6.42 Å². The summed E-state index contributed by atoms with van der Waals surface area (Å²) in [6.45, 7) is 3.52. The van der Waals surface area contributed by atoms with Gasteiger partial charge < -0.3 is 10.2 Å². The van der Waals surface area contributed by atoms with Crippen LogP contribution in [0, 0.1) is 11.3 Å². The molecule has 0 saturated carbocycles. The van der Waals surface area contributed by atoms with Gasteiger partial charge in [-0.05, 0) is 38.3 Å². The van der Waals surface area contributed by atoms with Crippen LogP contribution in [0.4, 0.5) is 5.82 Å². The molecule has 0 aromatic carbocycles. The number of carbonyl (C=O) groups is 1. The Morgan fingerprint density at radius 2 is 2.16 bits per heavy atom. The minimum atomic E-state index is -0.320. The molecular weight excluding hydrogens is 240 g/mol. The first-order chi connectivity index (χ1) is 9.20. The summed E-state index contributed by atoms with van der Waals surface area (Å²) in [6.07, 6.45) is 3.37. The number of nitrogens with zero attached hydrogens (tertiary/aromatic N) is 3. The molecule has 1 N–H and O–H groups in total. The second-order valence-electron chi connectivity index (χ2n) is 4.77. The van der Waals surface area contributed by atoms with Crippen molar-refractivity contribution in [2.75, 3.05) is 18.4 Å². The minimum Gasteiger partial charge on any atom is -0.359 e. The molecule has 19 heavy (non-hydrogen) atoms. The van der Waals surface area contributed by atoms with E-state index in [0.717, 1.165) is 25.9 Å². The van der Waals surface area contributed by atoms with E-state index in [4.69, 9.17) is 5.26 Å². The largest absolute Gasteiger partial charge is 0.359 e. The highest BCUT2D eigenvalue weighted by Crippen LogP contribution is 2.12. The van der Waals surface area contributed by atoms with Crippen molar-refractivity contribution in [2.45, 2.75) is 32.2 Å². The Bertz CT molecular complexity index is 488. The van der Waals surface area contributed by atoms with Gasteiger partial charge in [-0.1, -0.05) is 6.07 Å². The number of amides is 1. The molecule has 1 unspecified atom stereocenters. The van der Waals surface area contributed by atoms with Gasteiger partial charge in [0.25, 0.3) is 0 Å². The van der Waals surface area contributed by atoms with Crippen LogP contribution >= 0.6 is 0 Å². The smallest absolute Gasteiger partial charge is 0.244 e. The van der Waals surface area contributed by atoms with Gasteiger partial charge >= 0.3 is 0 Å². The first kappa shape index (κ1) is 13.3. The third kappa shape index (κ3) is 3.44. The molecule has 2 rings (SSSR count). The second kappa shape index (κ2) is 6.19. The normalized spacial score (nSPS) is 16.5. The number of hydrogen-bond acceptors (Lipinski definition) is 4. The van der Waals surface area contributed by atoms with Gasteiger partial charge in [-0.2, -0.15) is 5.26 Å². The first-order valence-electron chi connectivity index (χ1n) is 6.63. The molecule has 1 fully saturated rings. The molecular formula is C14H18N4O. The van der Waals surface area contributed by atoms with Crippen molar-refractivity contribution < 1.29 is 4.79 Å². The summed E-state index contributed by atoms with van der Waals surface area (Å²) >= 11 is 0. The van der Waals surface area contributed by atoms with Crippen LogP contribution in [0.3, 0.4) is 0 Å². The number of rotatable bonds is 3. The lowest BCUT2D eigenvalue weighted by molar-refractivity contribution is -0.132. The number of carbonyl (C=O) groups excluding carboxylic acids is 1. The molecule has 1 aliphatic heterocycles. The Labute approximate surface area is 113 Å². The highest BCUT2D eigenvalue weighted by molar-refractivity contribution is 5.84. The molecule has 5 heteroatoms. The molecule has 5 nitrogen and oxygen atoms in total. The Balaban J connectivity index is 1.97. The van der Waals surface area contributed by atoms with Crippen molar-refractivity contribution in [2.24, 2.45) is 0 Å². The maximum absolute atomic E-state index is 12.2. The average Bonchev–Trinajstić information content (AvgIpc) is 2.47. The summed E-state index contributed by atoms with van der Waals surface area (Å²) in [7, 11) is 0. The number of aromatic nitrogens is 1. The van der Waals surface area contributed by atoms with E-state index in [1.54, 1.807) is 18.2 Å². The van der Waals surface area contributed by atoms with Crippen LogP contribution in [-0.4, -0.2) is 34.9 Å². The summed E-state index contributed by atoms with van der Waals surface area (Å²) in [6, 6.07) is 6.83. The fourth-order valence-electron chi connectivity index (χ4n) is 2.25. The molecule has 100 valence electrons. The van der Waals surface area contributed by atoms with Gasteiger partial charge in [0, 0.05) is 13.1 Å². The standard InChI is InChI=1S/C14H18N4O/c1-11(14(19)18-8-3-2-4-9-18)16-13-7-5-6-12(10-15)17-13/h5-7,11H,2-4,8-9H2,1H3,(H,16,17). The van der Waals surface area contributed by atoms with Gasteiger partial charge in [0.15, 0.2) is 0 Å². The van der Waals surface area contributed by atoms with E-state index in [-0.39, 0.29) is 11.9 Å². The van der Waals surface area contributed by atoms with Gasteiger partial charge in [-0.15, -0.1) is 0 Å². The SMILES string of the molecule is CC(Nc1cccc(C#N)n1)C(=O)N1CCCCC1. The quantitative estimate of drug-likeness (QED) is 0.897. The van der Waals surface area contributed by atoms with E-state index < -0.39 is 0 Å². The fourth-order valence-corrected chi connectivity index (χ4v) is 2.25. The Hall–Kier alpha value is -2.09. The topological polar surface area (TPSA) is 69.0 Å². The highest BCUT2D eigenvalue weighted by Gasteiger charge is 2.22. The Kier molecular flexibility index (Phi) is 4.35. The first-order valence-corrected chi connectivity index (χ1v) is 6.63. The molecule has 1 saturated heterocycles. The number of nitriles is 1. The minimum absolute atomic E-state index is 0.101. The van der Waals surface area contributed by atoms with Crippen molar-refractivity contribution in [3.63, 3.8) is 0 Å². The summed E-state index contributed by atoms with van der Waals surface area (Å²) < 4.78 is 0. The molecule has 1 aliphatic rings. The van der Waals surface area contributed by atoms with Gasteiger partial charge in [0.1, 0.15) is 23.6 Å². The number of nitrogens with one attached hydrogen (secondary N) is 1. The molecule has 0 radical (unpaired) electrons. The number of piperidine rings is 1. The zero-order valence-corrected chi connectivity index (χ0v) is 11.1. The third-order valence-corrected chi connectivity index (χ3v) is 3.27. The molecule has 0 bridgehead atoms. The predicted octanol–water partition coefficient (Wildman–Crippen LogP) is 1.77. The van der Waals surface area contributed by atoms with Crippen molar-refractivity contribution in [1.29, 1.82) is 5.26 Å². The van der Waals surface area contributed by atoms with Crippen LogP contribution in [0.2, 0.25) is 0 Å². The lowest BCUT2D eigenvalue weighted by atomic mass is 10.1. The van der Waals surface area contributed by atoms with E-state index in [2.05, 4.69) is 10.3 Å². The number of likely N-dealkylation sites (tertiary alicyclic amines) is 1. The monoisotopic (exact) mass is 258 g/mol. The van der Waals surface area contributed by atoms with Gasteiger partial charge in [-0.3, -0.25) is 4.79 Å². The summed E-state index contributed by atoms with van der Waals surface area (Å²) in [4.78, 5) is 18.2. The van der Waals surface area contributed by atoms with Crippen LogP contribution < -0.4 is 5.32 Å². The predicted molar refractivity (Wildman–Crippen MR) is 72.5 cm³/mol. The van der Waals surface area contributed by atoms with Crippen molar-refractivity contribution >= 4 is 11.7 Å². The summed E-state index contributed by atoms with van der Waals surface area (Å²) in [5.74, 6) is 0.667. The average molecular weight is 258 g/mol. The molecule has 1 aromatic rings. The lowest BCUT2D eigenvalue weighted by Gasteiger charge is -2.29. The van der Waals surface area contributed by atoms with Crippen molar-refractivity contribution in [3.8, 4) is 6.07 Å². The van der Waals surface area contributed by atoms with Crippen LogP contribution in [0.5, 0.6) is 0 Å². The van der Waals surface area contributed by atoms with Crippen molar-refractivity contribution in [1.82, 2.24) is 9.88 Å². The second-order valence-corrected chi connectivity index (χ2v) is 4.77. The van der Waals surface area contributed by atoms with E-state index in [9.17, 15) is 4.79 Å². The Morgan fingerprint density at radius 1 is 1.42 bits per heavy atom. The zero-order valence-electron chi connectivity index (χ0n) is 11.1. The molecule has 0 spiro atoms. The van der Waals surface area contributed by atoms with Crippen LogP contribution in [0.1, 0.15) is 31.9 Å². The molecule has 1 aromatic heterocycles. The van der Waals surface area contributed by atoms with Crippen LogP contribution in [0.25, 0.3) is 0 Å². The van der Waals surface area contributed by atoms with E-state index in [1.807, 2.05) is 17.9 Å².